The van der Waals surface area contributed by atoms with Crippen molar-refractivity contribution in [1.82, 2.24) is 5.32 Å². The second-order valence-corrected chi connectivity index (χ2v) is 19.7. The summed E-state index contributed by atoms with van der Waals surface area (Å²) in [5, 5.41) is 11.2. The van der Waals surface area contributed by atoms with E-state index in [2.05, 4.69) is 5.32 Å². The molecule has 4 aromatic carbocycles. The molecule has 0 spiro atoms. The van der Waals surface area contributed by atoms with Crippen LogP contribution < -0.4 is 20.5 Å². The number of nitrogens with one attached hydrogen (secondary N) is 1. The Balaban J connectivity index is 0.000000456. The molecule has 0 radical (unpaired) electrons. The van der Waals surface area contributed by atoms with Crippen LogP contribution in [0, 0.1) is 10.5 Å². The number of carboxylic acids is 1. The first-order valence-corrected chi connectivity index (χ1v) is 22.8. The van der Waals surface area contributed by atoms with Crippen LogP contribution in [0.1, 0.15) is 37.5 Å². The summed E-state index contributed by atoms with van der Waals surface area (Å²) >= 11 is -2.74. The molecule has 318 valence electrons. The Bertz CT molecular complexity index is 2090. The number of carboxylic acid groups (broad SMARTS) is 1. The van der Waals surface area contributed by atoms with Gasteiger partial charge in [0.2, 0.25) is 0 Å². The van der Waals surface area contributed by atoms with E-state index < -0.39 is 66.1 Å². The zero-order valence-electron chi connectivity index (χ0n) is 33.4. The van der Waals surface area contributed by atoms with Gasteiger partial charge in [-0.3, -0.25) is 4.79 Å². The SMILES string of the molecule is COC(=O)C(Cc1ccc(OC/C=C/I(OS(=O)(=O)c2ccc(C)cc2)c2ccccc2)cc1)NC(=O)OC(C)(C)C.NC(Cc1ccc(OC/C=C/[18F])cc1)C(=O)O. The first kappa shape index (κ1) is 48.1. The third-order valence-electron chi connectivity index (χ3n) is 7.63. The third kappa shape index (κ3) is 18.0. The van der Waals surface area contributed by atoms with Crippen molar-refractivity contribution in [2.75, 3.05) is 20.3 Å². The summed E-state index contributed by atoms with van der Waals surface area (Å²) in [4.78, 5) is 35.1. The normalized spacial score (nSPS) is 12.8. The van der Waals surface area contributed by atoms with Gasteiger partial charge in [-0.05, 0) is 51.0 Å². The van der Waals surface area contributed by atoms with Gasteiger partial charge in [-0.15, -0.1) is 0 Å². The monoisotopic (exact) mass is 947 g/mol. The van der Waals surface area contributed by atoms with Crippen LogP contribution in [0.25, 0.3) is 0 Å². The molecule has 0 saturated carbocycles. The minimum atomic E-state index is -3.94. The Morgan fingerprint density at radius 3 is 1.88 bits per heavy atom. The number of esters is 1. The molecule has 4 rings (SSSR count). The van der Waals surface area contributed by atoms with Crippen molar-refractivity contribution in [3.63, 3.8) is 0 Å². The predicted octanol–water partition coefficient (Wildman–Crippen LogP) is 7.70. The molecular weight excluding hydrogens is 897 g/mol. The van der Waals surface area contributed by atoms with Crippen LogP contribution in [-0.4, -0.2) is 69.6 Å². The fourth-order valence-corrected chi connectivity index (χ4v) is 10.9. The van der Waals surface area contributed by atoms with Crippen molar-refractivity contribution >= 4 is 48.4 Å². The van der Waals surface area contributed by atoms with Crippen LogP contribution in [0.2, 0.25) is 0 Å². The fraction of sp³-hybridized carbons (Fsp3) is 0.279. The number of methoxy groups -OCH3 is 1. The van der Waals surface area contributed by atoms with Gasteiger partial charge in [-0.2, -0.15) is 0 Å². The van der Waals surface area contributed by atoms with E-state index in [1.165, 1.54) is 13.2 Å². The van der Waals surface area contributed by atoms with Gasteiger partial charge in [0, 0.05) is 0 Å². The number of ether oxygens (including phenoxy) is 4. The van der Waals surface area contributed by atoms with E-state index in [4.69, 9.17) is 32.3 Å². The molecule has 2 unspecified atom stereocenters. The number of hydrogen-bond donors (Lipinski definition) is 3. The molecule has 1 amide bonds. The van der Waals surface area contributed by atoms with Gasteiger partial charge in [0.1, 0.15) is 24.0 Å². The third-order valence-corrected chi connectivity index (χ3v) is 14.5. The van der Waals surface area contributed by atoms with Crippen LogP contribution in [0.3, 0.4) is 0 Å². The van der Waals surface area contributed by atoms with Gasteiger partial charge < -0.3 is 20.3 Å². The van der Waals surface area contributed by atoms with Crippen molar-refractivity contribution < 1.29 is 53.8 Å². The van der Waals surface area contributed by atoms with Crippen LogP contribution in [0.15, 0.2) is 131 Å². The number of carbonyl (C=O) groups excluding carboxylic acids is 2. The summed E-state index contributed by atoms with van der Waals surface area (Å²) in [6.45, 7) is 7.44. The molecule has 0 aliphatic heterocycles. The molecule has 59 heavy (non-hydrogen) atoms. The number of rotatable bonds is 18. The van der Waals surface area contributed by atoms with Crippen molar-refractivity contribution in [3.05, 3.63) is 146 Å². The number of hydrogen-bond acceptors (Lipinski definition) is 11. The number of halogens is 2. The molecule has 0 aromatic heterocycles. The zero-order valence-corrected chi connectivity index (χ0v) is 36.4. The summed E-state index contributed by atoms with van der Waals surface area (Å²) < 4.78 is 67.0. The van der Waals surface area contributed by atoms with E-state index in [9.17, 15) is 27.2 Å². The van der Waals surface area contributed by atoms with Gasteiger partial charge in [-0.1, -0.05) is 12.1 Å². The van der Waals surface area contributed by atoms with Gasteiger partial charge in [-0.25, -0.2) is 9.18 Å². The van der Waals surface area contributed by atoms with Crippen LogP contribution in [0.4, 0.5) is 9.18 Å². The maximum atomic E-state index is 13.0. The summed E-state index contributed by atoms with van der Waals surface area (Å²) in [6, 6.07) is 27.9. The Morgan fingerprint density at radius 1 is 0.831 bits per heavy atom. The van der Waals surface area contributed by atoms with Crippen LogP contribution >= 0.6 is 20.2 Å². The number of aliphatic carboxylic acids is 1. The molecular formula is C43H50FIN2O11S. The average molecular weight is 948 g/mol. The topological polar surface area (TPSA) is 190 Å². The molecule has 0 aliphatic carbocycles. The van der Waals surface area contributed by atoms with Crippen molar-refractivity contribution in [3.8, 4) is 11.5 Å². The number of amides is 1. The van der Waals surface area contributed by atoms with E-state index >= 15 is 0 Å². The quantitative estimate of drug-likeness (QED) is 0.0652. The Morgan fingerprint density at radius 2 is 1.37 bits per heavy atom. The molecule has 2 atom stereocenters. The van der Waals surface area contributed by atoms with E-state index in [0.717, 1.165) is 20.3 Å². The number of aryl methyl sites for hydroxylation is 1. The minimum Gasteiger partial charge on any atom is -0.489 e. The number of alkyl carbamates (subject to hydrolysis) is 1. The average Bonchev–Trinajstić information content (AvgIpc) is 3.19. The van der Waals surface area contributed by atoms with Crippen LogP contribution in [0.5, 0.6) is 11.5 Å². The molecule has 4 N–H and O–H groups in total. The predicted molar refractivity (Wildman–Crippen MR) is 230 cm³/mol. The number of nitrogens with two attached hydrogens (primary N) is 1. The maximum absolute atomic E-state index is 13.0. The summed E-state index contributed by atoms with van der Waals surface area (Å²) in [6.07, 6.45) is 3.17. The first-order valence-electron chi connectivity index (χ1n) is 18.2. The molecule has 0 bridgehead atoms. The minimum absolute atomic E-state index is 0.117. The zero-order chi connectivity index (χ0) is 43.4. The molecule has 0 heterocycles. The summed E-state index contributed by atoms with van der Waals surface area (Å²) in [5.41, 5.74) is 7.24. The second kappa shape index (κ2) is 23.9. The Hall–Kier alpha value is -5.30. The Kier molecular flexibility index (Phi) is 19.5. The number of benzene rings is 4. The van der Waals surface area contributed by atoms with Gasteiger partial charge in [0.25, 0.3) is 0 Å². The fourth-order valence-electron chi connectivity index (χ4n) is 4.75. The molecule has 4 aromatic rings. The molecule has 0 saturated heterocycles. The summed E-state index contributed by atoms with van der Waals surface area (Å²) in [7, 11) is -2.69. The van der Waals surface area contributed by atoms with Gasteiger partial charge in [0.15, 0.2) is 0 Å². The van der Waals surface area contributed by atoms with Crippen LogP contribution in [-0.2, 0) is 44.5 Å². The first-order chi connectivity index (χ1) is 28.0. The standard InChI is InChI=1S/C31H36INO8S.C12H14FNO3/c1-23-12-18-27(19-13-23)42(36,37)41-32(25-10-7-6-8-11-25)20-9-21-39-26-16-14-24(15-17-26)22-28(29(34)38-5)33-30(35)40-31(2,3)4;13-6-1-7-17-10-4-2-9(3-5-10)8-11(14)12(15)16/h6-20,28H,21-22H2,1-5H3,(H,33,35);1-6,11H,7-8,14H2,(H,15,16)/b20-9+;6-1+/i;13-1. The molecule has 0 aliphatic rings. The van der Waals surface area contributed by atoms with Gasteiger partial charge >= 0.3 is 219 Å². The second-order valence-electron chi connectivity index (χ2n) is 13.6. The Labute approximate surface area is 352 Å². The summed E-state index contributed by atoms with van der Waals surface area (Å²) in [5.74, 6) is -0.448. The van der Waals surface area contributed by atoms with E-state index in [1.54, 1.807) is 104 Å². The van der Waals surface area contributed by atoms with Crippen molar-refractivity contribution in [2.45, 2.75) is 63.1 Å². The molecule has 13 nitrogen and oxygen atoms in total. The van der Waals surface area contributed by atoms with Crippen molar-refractivity contribution in [1.29, 1.82) is 0 Å². The molecule has 16 heteroatoms. The smallest absolute Gasteiger partial charge is 0.489 e. The van der Waals surface area contributed by atoms with Crippen molar-refractivity contribution in [2.24, 2.45) is 5.73 Å². The van der Waals surface area contributed by atoms with E-state index in [-0.39, 0.29) is 31.0 Å². The van der Waals surface area contributed by atoms with E-state index in [0.29, 0.717) is 17.8 Å². The molecule has 0 fully saturated rings. The number of carbonyl (C=O) groups is 3. The van der Waals surface area contributed by atoms with E-state index in [1.807, 2.05) is 37.3 Å². The van der Waals surface area contributed by atoms with Gasteiger partial charge in [0.05, 0.1) is 13.4 Å².